The molecular weight excluding hydrogens is 863 g/mol. The largest absolute Gasteiger partial charge is 0.457 e. The predicted octanol–water partition coefficient (Wildman–Crippen LogP) is 17.5. The van der Waals surface area contributed by atoms with E-state index in [1.165, 1.54) is 66.8 Å². The number of anilines is 3. The maximum absolute atomic E-state index is 6.93. The molecule has 3 aliphatic carbocycles. The van der Waals surface area contributed by atoms with Crippen LogP contribution in [-0.4, -0.2) is 0 Å². The van der Waals surface area contributed by atoms with Crippen LogP contribution in [0.2, 0.25) is 0 Å². The van der Waals surface area contributed by atoms with Gasteiger partial charge in [0.15, 0.2) is 0 Å². The molecule has 0 saturated carbocycles. The molecule has 0 N–H and O–H groups in total. The highest BCUT2D eigenvalue weighted by Gasteiger charge is 2.53. The lowest BCUT2D eigenvalue weighted by Crippen LogP contribution is -2.32. The molecule has 1 aromatic heterocycles. The van der Waals surface area contributed by atoms with Crippen LogP contribution in [0.1, 0.15) is 44.5 Å². The molecule has 0 bridgehead atoms. The standard InChI is InChI=1S/C68H41NO2/c1-7-25-53-46(19-1)47-20-2-8-26-54(47)67(53)57-29-11-5-23-50(57)52-40-43(35-37-58(52)67)42-17-15-18-44(39-42)69(61-31-16-34-65-66(61)51-24-6-13-32-62(51)70-65)45-36-38-64-60(41-45)68(59-30-12-14-33-63(59)71-64)55-27-9-3-21-48(55)49-22-4-10-28-56(49)68/h1-41H. The van der Waals surface area contributed by atoms with Gasteiger partial charge < -0.3 is 14.1 Å². The Morgan fingerprint density at radius 1 is 0.296 bits per heavy atom. The summed E-state index contributed by atoms with van der Waals surface area (Å²) in [6, 6.07) is 91.4. The van der Waals surface area contributed by atoms with Gasteiger partial charge in [0.2, 0.25) is 0 Å². The molecule has 4 aliphatic rings. The van der Waals surface area contributed by atoms with Gasteiger partial charge in [-0.25, -0.2) is 0 Å². The quantitative estimate of drug-likeness (QED) is 0.176. The minimum absolute atomic E-state index is 0.392. The Labute approximate surface area is 411 Å². The van der Waals surface area contributed by atoms with Gasteiger partial charge in [-0.05, 0) is 139 Å². The van der Waals surface area contributed by atoms with Crippen molar-refractivity contribution < 1.29 is 9.15 Å². The fraction of sp³-hybridized carbons (Fsp3) is 0.0294. The molecule has 3 heteroatoms. The molecule has 2 heterocycles. The first kappa shape index (κ1) is 38.8. The van der Waals surface area contributed by atoms with E-state index in [9.17, 15) is 0 Å². The summed E-state index contributed by atoms with van der Waals surface area (Å²) in [6.45, 7) is 0. The van der Waals surface area contributed by atoms with Crippen LogP contribution in [0.4, 0.5) is 17.1 Å². The zero-order valence-corrected chi connectivity index (χ0v) is 38.4. The first-order valence-electron chi connectivity index (χ1n) is 24.6. The summed E-state index contributed by atoms with van der Waals surface area (Å²) >= 11 is 0. The molecule has 71 heavy (non-hydrogen) atoms. The highest BCUT2D eigenvalue weighted by molar-refractivity contribution is 6.13. The van der Waals surface area contributed by atoms with Gasteiger partial charge in [-0.3, -0.25) is 0 Å². The molecule has 1 aliphatic heterocycles. The van der Waals surface area contributed by atoms with Gasteiger partial charge in [0.25, 0.3) is 0 Å². The van der Waals surface area contributed by atoms with Crippen LogP contribution < -0.4 is 9.64 Å². The number of hydrogen-bond acceptors (Lipinski definition) is 3. The summed E-state index contributed by atoms with van der Waals surface area (Å²) in [5.74, 6) is 1.73. The van der Waals surface area contributed by atoms with Crippen molar-refractivity contribution >= 4 is 39.0 Å². The minimum atomic E-state index is -0.617. The van der Waals surface area contributed by atoms with Crippen LogP contribution in [-0.2, 0) is 10.8 Å². The number of rotatable bonds is 4. The maximum atomic E-state index is 6.93. The third kappa shape index (κ3) is 4.97. The van der Waals surface area contributed by atoms with Crippen LogP contribution in [0.3, 0.4) is 0 Å². The number of benzene rings is 11. The third-order valence-corrected chi connectivity index (χ3v) is 16.1. The van der Waals surface area contributed by atoms with E-state index >= 15 is 0 Å². The molecule has 3 nitrogen and oxygen atoms in total. The van der Waals surface area contributed by atoms with Crippen molar-refractivity contribution in [2.24, 2.45) is 0 Å². The average molecular weight is 904 g/mol. The van der Waals surface area contributed by atoms with Crippen molar-refractivity contribution in [1.29, 1.82) is 0 Å². The zero-order chi connectivity index (χ0) is 46.4. The van der Waals surface area contributed by atoms with Gasteiger partial charge in [0, 0.05) is 27.9 Å². The van der Waals surface area contributed by atoms with E-state index in [2.05, 4.69) is 248 Å². The second kappa shape index (κ2) is 14.2. The highest BCUT2D eigenvalue weighted by Crippen LogP contribution is 2.65. The number of nitrogens with zero attached hydrogens (tertiary/aromatic N) is 1. The fourth-order valence-electron chi connectivity index (χ4n) is 13.5. The number of ether oxygens (including phenoxy) is 1. The molecule has 0 radical (unpaired) electrons. The van der Waals surface area contributed by atoms with Gasteiger partial charge >= 0.3 is 0 Å². The number of hydrogen-bond donors (Lipinski definition) is 0. The molecule has 0 fully saturated rings. The van der Waals surface area contributed by atoms with Crippen molar-refractivity contribution in [3.63, 3.8) is 0 Å². The Morgan fingerprint density at radius 3 is 1.44 bits per heavy atom. The van der Waals surface area contributed by atoms with Gasteiger partial charge in [0.1, 0.15) is 22.7 Å². The first-order chi connectivity index (χ1) is 35.2. The van der Waals surface area contributed by atoms with E-state index in [1.807, 2.05) is 6.07 Å². The van der Waals surface area contributed by atoms with Crippen molar-refractivity contribution in [3.8, 4) is 56.0 Å². The third-order valence-electron chi connectivity index (χ3n) is 16.1. The first-order valence-corrected chi connectivity index (χ1v) is 24.6. The van der Waals surface area contributed by atoms with Gasteiger partial charge in [-0.2, -0.15) is 0 Å². The predicted molar refractivity (Wildman–Crippen MR) is 288 cm³/mol. The van der Waals surface area contributed by atoms with Gasteiger partial charge in [-0.1, -0.05) is 188 Å². The summed E-state index contributed by atoms with van der Waals surface area (Å²) in [5, 5.41) is 2.14. The Kier molecular flexibility index (Phi) is 7.75. The van der Waals surface area contributed by atoms with E-state index in [0.717, 1.165) is 72.8 Å². The molecule has 11 aromatic carbocycles. The number of fused-ring (bicyclic) bond motifs is 22. The topological polar surface area (TPSA) is 25.6 Å². The van der Waals surface area contributed by atoms with Crippen LogP contribution in [0.25, 0.3) is 66.4 Å². The summed E-state index contributed by atoms with van der Waals surface area (Å²) in [6.07, 6.45) is 0. The average Bonchev–Trinajstić information content (AvgIpc) is 4.15. The number of furan rings is 1. The molecule has 0 saturated heterocycles. The van der Waals surface area contributed by atoms with Crippen LogP contribution in [0.15, 0.2) is 253 Å². The molecule has 0 amide bonds. The second-order valence-electron chi connectivity index (χ2n) is 19.4. The monoisotopic (exact) mass is 903 g/mol. The Bertz CT molecular complexity index is 4160. The normalized spacial score (nSPS) is 14.3. The molecule has 2 spiro atoms. The Morgan fingerprint density at radius 2 is 0.775 bits per heavy atom. The van der Waals surface area contributed by atoms with Crippen LogP contribution in [0, 0.1) is 0 Å². The molecular formula is C68H41NO2. The molecule has 12 aromatic rings. The lowest BCUT2D eigenvalue weighted by Gasteiger charge is -2.40. The second-order valence-corrected chi connectivity index (χ2v) is 19.4. The molecule has 330 valence electrons. The summed E-state index contributed by atoms with van der Waals surface area (Å²) in [7, 11) is 0. The van der Waals surface area contributed by atoms with E-state index in [-0.39, 0.29) is 0 Å². The number of para-hydroxylation sites is 2. The highest BCUT2D eigenvalue weighted by atomic mass is 16.5. The SMILES string of the molecule is c1cc(-c2ccc3c(c2)-c2ccccc2C32c3ccccc3-c3ccccc32)cc(N(c2ccc3c(c2)C2(c4ccccc4O3)c3ccccc3-c3ccccc32)c2cccc3oc4ccccc4c23)c1. The van der Waals surface area contributed by atoms with E-state index < -0.39 is 10.8 Å². The van der Waals surface area contributed by atoms with Crippen molar-refractivity contribution in [2.75, 3.05) is 4.90 Å². The van der Waals surface area contributed by atoms with Crippen LogP contribution >= 0.6 is 0 Å². The Hall–Kier alpha value is -9.18. The lowest BCUT2D eigenvalue weighted by molar-refractivity contribution is 0.436. The lowest BCUT2D eigenvalue weighted by atomic mass is 9.66. The van der Waals surface area contributed by atoms with Crippen LogP contribution in [0.5, 0.6) is 11.5 Å². The van der Waals surface area contributed by atoms with Gasteiger partial charge in [-0.15, -0.1) is 0 Å². The fourth-order valence-corrected chi connectivity index (χ4v) is 13.5. The Balaban J connectivity index is 0.921. The van der Waals surface area contributed by atoms with Gasteiger partial charge in [0.05, 0.1) is 21.9 Å². The maximum Gasteiger partial charge on any atom is 0.137 e. The molecule has 16 rings (SSSR count). The molecule has 0 unspecified atom stereocenters. The zero-order valence-electron chi connectivity index (χ0n) is 38.4. The van der Waals surface area contributed by atoms with E-state index in [4.69, 9.17) is 9.15 Å². The summed E-state index contributed by atoms with van der Waals surface area (Å²) in [4.78, 5) is 2.43. The van der Waals surface area contributed by atoms with E-state index in [1.54, 1.807) is 0 Å². The summed E-state index contributed by atoms with van der Waals surface area (Å²) in [5.41, 5.74) is 23.9. The smallest absolute Gasteiger partial charge is 0.137 e. The van der Waals surface area contributed by atoms with Crippen molar-refractivity contribution in [3.05, 3.63) is 293 Å². The minimum Gasteiger partial charge on any atom is -0.457 e. The van der Waals surface area contributed by atoms with Crippen molar-refractivity contribution in [1.82, 2.24) is 0 Å². The van der Waals surface area contributed by atoms with Crippen molar-refractivity contribution in [2.45, 2.75) is 10.8 Å². The molecule has 0 atom stereocenters. The summed E-state index contributed by atoms with van der Waals surface area (Å²) < 4.78 is 13.5. The van der Waals surface area contributed by atoms with E-state index in [0.29, 0.717) is 0 Å².